The Hall–Kier alpha value is -4.37. The van der Waals surface area contributed by atoms with Crippen molar-refractivity contribution in [3.8, 4) is 17.4 Å². The van der Waals surface area contributed by atoms with Crippen LogP contribution in [0, 0.1) is 5.41 Å². The Morgan fingerprint density at radius 2 is 1.80 bits per heavy atom. The number of ether oxygens (including phenoxy) is 1. The number of hydrogen-bond acceptors (Lipinski definition) is 10. The van der Waals surface area contributed by atoms with Gasteiger partial charge in [0.2, 0.25) is 17.7 Å². The Kier molecular flexibility index (Phi) is 11.5. The number of nitrogens with one attached hydrogen (secondary N) is 4. The Morgan fingerprint density at radius 3 is 2.43 bits per heavy atom. The number of aromatic nitrogens is 3. The van der Waals surface area contributed by atoms with E-state index in [4.69, 9.17) is 9.72 Å². The van der Waals surface area contributed by atoms with Crippen LogP contribution in [0.5, 0.6) is 5.88 Å². The maximum atomic E-state index is 14.5. The molecule has 1 aliphatic carbocycles. The summed E-state index contributed by atoms with van der Waals surface area (Å²) in [5.74, 6) is -0.856. The number of aliphatic hydroxyl groups excluding tert-OH is 1. The molecular weight excluding hydrogens is 673 g/mol. The molecule has 276 valence electrons. The van der Waals surface area contributed by atoms with E-state index in [1.165, 1.54) is 16.2 Å². The topological polar surface area (TPSA) is 188 Å². The number of carbonyl (C=O) groups is 4. The number of hydrogen-bond donors (Lipinski definition) is 5. The molecule has 0 spiro atoms. The van der Waals surface area contributed by atoms with Gasteiger partial charge in [0.05, 0.1) is 18.0 Å². The van der Waals surface area contributed by atoms with Gasteiger partial charge < -0.3 is 36.0 Å². The first-order chi connectivity index (χ1) is 24.0. The van der Waals surface area contributed by atoms with Gasteiger partial charge in [-0.2, -0.15) is 4.98 Å². The standard InChI is InChI=1S/C36H50N8O6S/c1-8-11-23(26(45)30(47)38-20-13-14-20)39-29(46)25-18-21(19-44(25)33(48)27(35(2,3)4)40-34(49)43-36(5,6)7)50-31-22-15-17-51-32(22)42-28(41-31)24-12-9-10-16-37-24/h9-10,12,15-17,20-21,23,25-27,45H,8,11,13-14,18-19H2,1-7H3,(H,38,47)(H,39,46)(H2,40,43,49)/t21-,23+,25+,26?,27-/m1/s1. The van der Waals surface area contributed by atoms with Gasteiger partial charge in [-0.15, -0.1) is 11.3 Å². The van der Waals surface area contributed by atoms with Crippen LogP contribution in [0.2, 0.25) is 0 Å². The van der Waals surface area contributed by atoms with Gasteiger partial charge in [0.25, 0.3) is 5.91 Å². The van der Waals surface area contributed by atoms with Gasteiger partial charge >= 0.3 is 6.03 Å². The molecule has 0 aromatic carbocycles. The van der Waals surface area contributed by atoms with E-state index in [-0.39, 0.29) is 19.0 Å². The number of aliphatic hydroxyl groups is 1. The third kappa shape index (κ3) is 9.70. The zero-order valence-corrected chi connectivity index (χ0v) is 31.2. The Bertz CT molecular complexity index is 1720. The molecule has 5 rings (SSSR count). The molecule has 14 nitrogen and oxygen atoms in total. The van der Waals surface area contributed by atoms with Crippen LogP contribution < -0.4 is 26.0 Å². The molecule has 1 unspecified atom stereocenters. The van der Waals surface area contributed by atoms with Crippen molar-refractivity contribution >= 4 is 45.3 Å². The van der Waals surface area contributed by atoms with Gasteiger partial charge in [-0.25, -0.2) is 9.78 Å². The predicted molar refractivity (Wildman–Crippen MR) is 194 cm³/mol. The second-order valence-corrected chi connectivity index (χ2v) is 16.4. The third-order valence-corrected chi connectivity index (χ3v) is 9.50. The van der Waals surface area contributed by atoms with E-state index in [9.17, 15) is 24.3 Å². The summed E-state index contributed by atoms with van der Waals surface area (Å²) >= 11 is 1.43. The van der Waals surface area contributed by atoms with Crippen LogP contribution in [0.3, 0.4) is 0 Å². The van der Waals surface area contributed by atoms with Crippen molar-refractivity contribution in [1.82, 2.24) is 41.1 Å². The van der Waals surface area contributed by atoms with Crippen LogP contribution in [0.1, 0.15) is 80.6 Å². The lowest BCUT2D eigenvalue weighted by Crippen LogP contribution is -2.61. The lowest BCUT2D eigenvalue weighted by Gasteiger charge is -2.36. The second kappa shape index (κ2) is 15.5. The summed E-state index contributed by atoms with van der Waals surface area (Å²) in [5.41, 5.74) is -0.720. The van der Waals surface area contributed by atoms with Gasteiger partial charge in [0, 0.05) is 24.2 Å². The van der Waals surface area contributed by atoms with Crippen LogP contribution in [0.15, 0.2) is 35.8 Å². The summed E-state index contributed by atoms with van der Waals surface area (Å²) in [6, 6.07) is 3.91. The van der Waals surface area contributed by atoms with Crippen molar-refractivity contribution in [2.75, 3.05) is 6.54 Å². The summed E-state index contributed by atoms with van der Waals surface area (Å²) in [7, 11) is 0. The van der Waals surface area contributed by atoms with Gasteiger partial charge in [-0.3, -0.25) is 19.4 Å². The summed E-state index contributed by atoms with van der Waals surface area (Å²) in [4.78, 5) is 70.4. The normalized spacial score (nSPS) is 19.6. The number of urea groups is 1. The van der Waals surface area contributed by atoms with Gasteiger partial charge in [-0.1, -0.05) is 40.2 Å². The highest BCUT2D eigenvalue weighted by atomic mass is 32.1. The number of amides is 5. The van der Waals surface area contributed by atoms with Crippen molar-refractivity contribution in [2.24, 2.45) is 5.41 Å². The maximum Gasteiger partial charge on any atom is 0.315 e. The molecule has 5 atom stereocenters. The largest absolute Gasteiger partial charge is 0.472 e. The average molecular weight is 723 g/mol. The van der Waals surface area contributed by atoms with Crippen LogP contribution >= 0.6 is 11.3 Å². The smallest absolute Gasteiger partial charge is 0.315 e. The SMILES string of the molecule is CCC[C@H](NC(=O)[C@@H]1C[C@@H](Oc2nc(-c3ccccn3)nc3sccc23)CN1C(=O)[C@@H](NC(=O)NC(C)(C)C)C(C)(C)C)C(O)C(=O)NC1CC1. The van der Waals surface area contributed by atoms with Crippen molar-refractivity contribution in [3.05, 3.63) is 35.8 Å². The van der Waals surface area contributed by atoms with E-state index in [1.807, 2.05) is 66.0 Å². The highest BCUT2D eigenvalue weighted by Crippen LogP contribution is 2.33. The summed E-state index contributed by atoms with van der Waals surface area (Å²) in [6.07, 6.45) is 2.27. The molecule has 1 saturated carbocycles. The minimum absolute atomic E-state index is 0.0176. The number of thiophene rings is 1. The van der Waals surface area contributed by atoms with E-state index >= 15 is 0 Å². The third-order valence-electron chi connectivity index (χ3n) is 8.69. The molecule has 15 heteroatoms. The zero-order valence-electron chi connectivity index (χ0n) is 30.4. The molecule has 1 aliphatic heterocycles. The highest BCUT2D eigenvalue weighted by Gasteiger charge is 2.47. The second-order valence-electron chi connectivity index (χ2n) is 15.5. The van der Waals surface area contributed by atoms with Crippen molar-refractivity contribution in [2.45, 2.75) is 122 Å². The summed E-state index contributed by atoms with van der Waals surface area (Å²) < 4.78 is 6.51. The average Bonchev–Trinajstić information content (AvgIpc) is 3.56. The Balaban J connectivity index is 1.44. The first-order valence-corrected chi connectivity index (χ1v) is 18.4. The summed E-state index contributed by atoms with van der Waals surface area (Å²) in [5, 5.41) is 24.9. The molecule has 5 N–H and O–H groups in total. The quantitative estimate of drug-likeness (QED) is 0.186. The number of likely N-dealkylation sites (tertiary alicyclic amines) is 1. The van der Waals surface area contributed by atoms with Crippen LogP contribution in [-0.4, -0.2) is 97.2 Å². The Morgan fingerprint density at radius 1 is 1.06 bits per heavy atom. The fraction of sp³-hybridized carbons (Fsp3) is 0.583. The van der Waals surface area contributed by atoms with Gasteiger partial charge in [0.1, 0.15) is 28.7 Å². The highest BCUT2D eigenvalue weighted by molar-refractivity contribution is 7.16. The molecule has 4 heterocycles. The fourth-order valence-corrected chi connectivity index (χ4v) is 6.73. The molecule has 3 aromatic rings. The maximum absolute atomic E-state index is 14.5. The minimum Gasteiger partial charge on any atom is -0.472 e. The van der Waals surface area contributed by atoms with E-state index in [0.717, 1.165) is 12.8 Å². The first-order valence-electron chi connectivity index (χ1n) is 17.5. The molecule has 3 aromatic heterocycles. The molecule has 0 bridgehead atoms. The van der Waals surface area contributed by atoms with Crippen LogP contribution in [-0.2, 0) is 14.4 Å². The van der Waals surface area contributed by atoms with Gasteiger partial charge in [0.15, 0.2) is 11.9 Å². The molecule has 51 heavy (non-hydrogen) atoms. The lowest BCUT2D eigenvalue weighted by molar-refractivity contribution is -0.143. The number of carbonyl (C=O) groups excluding carboxylic acids is 4. The zero-order chi connectivity index (χ0) is 37.1. The van der Waals surface area contributed by atoms with E-state index < -0.39 is 65.0 Å². The lowest BCUT2D eigenvalue weighted by atomic mass is 9.85. The molecule has 0 radical (unpaired) electrons. The van der Waals surface area contributed by atoms with Crippen LogP contribution in [0.25, 0.3) is 21.7 Å². The molecular formula is C36H50N8O6S. The first kappa shape index (κ1) is 37.9. The monoisotopic (exact) mass is 722 g/mol. The number of rotatable bonds is 12. The number of fused-ring (bicyclic) bond motifs is 1. The van der Waals surface area contributed by atoms with Crippen molar-refractivity contribution in [3.63, 3.8) is 0 Å². The van der Waals surface area contributed by atoms with Gasteiger partial charge in [-0.05, 0) is 69.0 Å². The molecule has 5 amide bonds. The molecule has 2 aliphatic rings. The number of nitrogens with zero attached hydrogens (tertiary/aromatic N) is 4. The van der Waals surface area contributed by atoms with E-state index in [2.05, 4.69) is 31.2 Å². The van der Waals surface area contributed by atoms with Crippen LogP contribution in [0.4, 0.5) is 4.79 Å². The predicted octanol–water partition coefficient (Wildman–Crippen LogP) is 3.54. The fourth-order valence-electron chi connectivity index (χ4n) is 5.98. The summed E-state index contributed by atoms with van der Waals surface area (Å²) in [6.45, 7) is 12.9. The van der Waals surface area contributed by atoms with E-state index in [1.54, 1.807) is 18.3 Å². The minimum atomic E-state index is -1.46. The Labute approximate surface area is 302 Å². The van der Waals surface area contributed by atoms with Crippen molar-refractivity contribution in [1.29, 1.82) is 0 Å². The number of pyridine rings is 1. The molecule has 2 fully saturated rings. The molecule has 1 saturated heterocycles. The van der Waals surface area contributed by atoms with E-state index in [0.29, 0.717) is 40.5 Å². The van der Waals surface area contributed by atoms with Crippen molar-refractivity contribution < 1.29 is 29.0 Å².